The quantitative estimate of drug-likeness (QED) is 0.386. The molecule has 0 saturated carbocycles. The number of carbonyl (C=O) groups is 2. The molecule has 0 aromatic heterocycles. The lowest BCUT2D eigenvalue weighted by atomic mass is 9.95. The molecule has 28 heavy (non-hydrogen) atoms. The zero-order valence-corrected chi connectivity index (χ0v) is 17.8. The number of benzene rings is 2. The van der Waals surface area contributed by atoms with Crippen molar-refractivity contribution in [3.63, 3.8) is 0 Å². The maximum atomic E-state index is 12.3. The van der Waals surface area contributed by atoms with Crippen LogP contribution in [0.15, 0.2) is 48.7 Å². The van der Waals surface area contributed by atoms with Crippen LogP contribution < -0.4 is 10.6 Å². The fraction of sp³-hybridized carbons (Fsp3) is 0.273. The van der Waals surface area contributed by atoms with E-state index in [9.17, 15) is 9.59 Å². The van der Waals surface area contributed by atoms with Crippen molar-refractivity contribution in [1.29, 1.82) is 0 Å². The molecule has 2 N–H and O–H groups in total. The molecule has 144 valence electrons. The van der Waals surface area contributed by atoms with E-state index in [1.165, 1.54) is 31.5 Å². The van der Waals surface area contributed by atoms with Gasteiger partial charge in [0, 0.05) is 32.6 Å². The number of carbonyl (C=O) groups excluding carboxylic acids is 2. The van der Waals surface area contributed by atoms with Gasteiger partial charge in [-0.05, 0) is 91.3 Å². The molecular formula is C22H22IN3O2. The Bertz CT molecular complexity index is 947. The number of fused-ring (bicyclic) bond motifs is 1. The molecule has 0 radical (unpaired) electrons. The second kappa shape index (κ2) is 8.05. The van der Waals surface area contributed by atoms with Crippen LogP contribution in [0.1, 0.15) is 47.3 Å². The van der Waals surface area contributed by atoms with Crippen molar-refractivity contribution in [2.24, 2.45) is 0 Å². The van der Waals surface area contributed by atoms with Crippen molar-refractivity contribution >= 4 is 45.7 Å². The predicted molar refractivity (Wildman–Crippen MR) is 119 cm³/mol. The first-order chi connectivity index (χ1) is 13.5. The van der Waals surface area contributed by atoms with Crippen LogP contribution in [-0.2, 0) is 4.79 Å². The van der Waals surface area contributed by atoms with Gasteiger partial charge in [-0.3, -0.25) is 19.8 Å². The summed E-state index contributed by atoms with van der Waals surface area (Å²) in [5, 5.41) is 5.61. The number of amides is 2. The van der Waals surface area contributed by atoms with E-state index >= 15 is 0 Å². The number of rotatable bonds is 4. The Morgan fingerprint density at radius 2 is 1.75 bits per heavy atom. The highest BCUT2D eigenvalue weighted by Crippen LogP contribution is 2.28. The molecule has 4 rings (SSSR count). The first kappa shape index (κ1) is 19.1. The first-order valence-electron chi connectivity index (χ1n) is 9.49. The highest BCUT2D eigenvalue weighted by Gasteiger charge is 2.27. The van der Waals surface area contributed by atoms with Gasteiger partial charge in [0.1, 0.15) is 0 Å². The summed E-state index contributed by atoms with van der Waals surface area (Å²) in [5.41, 5.74) is 3.83. The summed E-state index contributed by atoms with van der Waals surface area (Å²) >= 11 is 2.18. The molecule has 2 heterocycles. The van der Waals surface area contributed by atoms with Gasteiger partial charge in [0.2, 0.25) is 0 Å². The van der Waals surface area contributed by atoms with Gasteiger partial charge in [-0.25, -0.2) is 0 Å². The zero-order chi connectivity index (χ0) is 19.7. The van der Waals surface area contributed by atoms with Crippen molar-refractivity contribution in [3.8, 4) is 0 Å². The summed E-state index contributed by atoms with van der Waals surface area (Å²) in [6.45, 7) is 4.58. The lowest BCUT2D eigenvalue weighted by Crippen LogP contribution is -2.36. The van der Waals surface area contributed by atoms with Crippen LogP contribution in [0.4, 0.5) is 5.69 Å². The molecule has 0 aliphatic carbocycles. The molecular weight excluding hydrogens is 465 g/mol. The number of likely N-dealkylation sites (tertiary alicyclic amines) is 1. The number of halogens is 1. The van der Waals surface area contributed by atoms with Gasteiger partial charge in [0.15, 0.2) is 0 Å². The smallest absolute Gasteiger partial charge is 0.260 e. The van der Waals surface area contributed by atoms with Crippen LogP contribution in [-0.4, -0.2) is 29.8 Å². The summed E-state index contributed by atoms with van der Waals surface area (Å²) < 4.78 is 0.977. The minimum Gasteiger partial charge on any atom is -0.361 e. The summed E-state index contributed by atoms with van der Waals surface area (Å²) in [7, 11) is 0. The molecule has 2 aliphatic heterocycles. The van der Waals surface area contributed by atoms with Crippen LogP contribution in [0.5, 0.6) is 0 Å². The third-order valence-corrected chi connectivity index (χ3v) is 6.12. The van der Waals surface area contributed by atoms with Gasteiger partial charge in [0.25, 0.3) is 11.8 Å². The predicted octanol–water partition coefficient (Wildman–Crippen LogP) is 4.17. The number of nitrogens with zero attached hydrogens (tertiary/aromatic N) is 1. The van der Waals surface area contributed by atoms with E-state index in [1.807, 2.05) is 24.3 Å². The Morgan fingerprint density at radius 1 is 1.04 bits per heavy atom. The molecule has 2 amide bonds. The molecule has 1 saturated heterocycles. The topological polar surface area (TPSA) is 61.4 Å². The highest BCUT2D eigenvalue weighted by atomic mass is 127. The summed E-state index contributed by atoms with van der Waals surface area (Å²) in [4.78, 5) is 26.9. The monoisotopic (exact) mass is 487 g/mol. The fourth-order valence-corrected chi connectivity index (χ4v) is 4.28. The summed E-state index contributed by atoms with van der Waals surface area (Å²) in [6, 6.07) is 14.2. The second-order valence-electron chi connectivity index (χ2n) is 7.22. The Hall–Kier alpha value is -2.19. The number of hydrogen-bond acceptors (Lipinski definition) is 4. The Morgan fingerprint density at radius 3 is 2.46 bits per heavy atom. The van der Waals surface area contributed by atoms with Crippen LogP contribution in [0, 0.1) is 3.57 Å². The van der Waals surface area contributed by atoms with Gasteiger partial charge < -0.3 is 5.32 Å². The second-order valence-corrected chi connectivity index (χ2v) is 8.46. The molecule has 6 heteroatoms. The third-order valence-electron chi connectivity index (χ3n) is 5.45. The van der Waals surface area contributed by atoms with Crippen LogP contribution >= 0.6 is 22.6 Å². The maximum absolute atomic E-state index is 12.3. The summed E-state index contributed by atoms with van der Waals surface area (Å²) in [5.74, 6) is -0.736. The molecule has 0 spiro atoms. The van der Waals surface area contributed by atoms with Gasteiger partial charge in [-0.15, -0.1) is 0 Å². The first-order valence-corrected chi connectivity index (χ1v) is 10.6. The molecule has 2 aliphatic rings. The number of imide groups is 1. The zero-order valence-electron chi connectivity index (χ0n) is 15.7. The molecule has 1 atom stereocenters. The minimum absolute atomic E-state index is 0.353. The molecule has 1 unspecified atom stereocenters. The maximum Gasteiger partial charge on any atom is 0.260 e. The average Bonchev–Trinajstić information content (AvgIpc) is 3.22. The van der Waals surface area contributed by atoms with E-state index in [0.29, 0.717) is 22.7 Å². The van der Waals surface area contributed by atoms with Crippen molar-refractivity contribution in [3.05, 3.63) is 68.9 Å². The average molecular weight is 487 g/mol. The number of anilines is 1. The SMILES string of the molecule is CC(c1ccc(NC=C2C(=O)NC(=O)c3ccc(I)cc32)cc1)N1CCCC1. The van der Waals surface area contributed by atoms with E-state index < -0.39 is 0 Å². The van der Waals surface area contributed by atoms with E-state index in [-0.39, 0.29) is 11.8 Å². The van der Waals surface area contributed by atoms with Crippen molar-refractivity contribution in [2.75, 3.05) is 18.4 Å². The standard InChI is InChI=1S/C22H22IN3O2/c1-14(26-10-2-3-11-26)15-4-7-17(8-5-15)24-13-20-19-12-16(23)6-9-18(19)21(27)25-22(20)28/h4-9,12-14,24H,2-3,10-11H2,1H3,(H,25,27,28). The van der Waals surface area contributed by atoms with Crippen molar-refractivity contribution in [2.45, 2.75) is 25.8 Å². The fourth-order valence-electron chi connectivity index (χ4n) is 3.79. The minimum atomic E-state index is -0.383. The Kier molecular flexibility index (Phi) is 5.50. The van der Waals surface area contributed by atoms with Crippen LogP contribution in [0.3, 0.4) is 0 Å². The third kappa shape index (κ3) is 3.84. The van der Waals surface area contributed by atoms with Gasteiger partial charge in [0.05, 0.1) is 5.57 Å². The normalized spacial score (nSPS) is 19.4. The van der Waals surface area contributed by atoms with E-state index in [1.54, 1.807) is 12.3 Å². The number of hydrogen-bond donors (Lipinski definition) is 2. The van der Waals surface area contributed by atoms with E-state index in [2.05, 4.69) is 57.2 Å². The lowest BCUT2D eigenvalue weighted by molar-refractivity contribution is -0.114. The van der Waals surface area contributed by atoms with Crippen LogP contribution in [0.2, 0.25) is 0 Å². The van der Waals surface area contributed by atoms with E-state index in [0.717, 1.165) is 9.26 Å². The molecule has 1 fully saturated rings. The van der Waals surface area contributed by atoms with Gasteiger partial charge in [-0.1, -0.05) is 12.1 Å². The van der Waals surface area contributed by atoms with Gasteiger partial charge >= 0.3 is 0 Å². The molecule has 2 aromatic carbocycles. The number of nitrogens with one attached hydrogen (secondary N) is 2. The largest absolute Gasteiger partial charge is 0.361 e. The lowest BCUT2D eigenvalue weighted by Gasteiger charge is -2.24. The van der Waals surface area contributed by atoms with Crippen molar-refractivity contribution < 1.29 is 9.59 Å². The van der Waals surface area contributed by atoms with Gasteiger partial charge in [-0.2, -0.15) is 0 Å². The highest BCUT2D eigenvalue weighted by molar-refractivity contribution is 14.1. The molecule has 0 bridgehead atoms. The van der Waals surface area contributed by atoms with Crippen LogP contribution in [0.25, 0.3) is 5.57 Å². The molecule has 2 aromatic rings. The summed E-state index contributed by atoms with van der Waals surface area (Å²) in [6.07, 6.45) is 4.24. The molecule has 5 nitrogen and oxygen atoms in total. The Balaban J connectivity index is 1.54. The van der Waals surface area contributed by atoms with Crippen molar-refractivity contribution in [1.82, 2.24) is 10.2 Å². The Labute approximate surface area is 178 Å². The van der Waals surface area contributed by atoms with E-state index in [4.69, 9.17) is 0 Å².